The van der Waals surface area contributed by atoms with Crippen LogP contribution in [0.1, 0.15) is 25.0 Å². The quantitative estimate of drug-likeness (QED) is 0.886. The lowest BCUT2D eigenvalue weighted by molar-refractivity contribution is -0.154. The van der Waals surface area contributed by atoms with Crippen molar-refractivity contribution in [1.29, 1.82) is 0 Å². The van der Waals surface area contributed by atoms with Crippen molar-refractivity contribution < 1.29 is 23.1 Å². The van der Waals surface area contributed by atoms with Gasteiger partial charge in [0, 0.05) is 4.47 Å². The molecule has 0 spiro atoms. The van der Waals surface area contributed by atoms with Gasteiger partial charge < -0.3 is 10.4 Å². The second-order valence-electron chi connectivity index (χ2n) is 4.14. The SMILES string of the molecule is CC(NC(=O)CC(F)(F)F)C(O)c1ccc(Br)cc1. The molecule has 0 fully saturated rings. The molecule has 0 aliphatic carbocycles. The summed E-state index contributed by atoms with van der Waals surface area (Å²) in [4.78, 5) is 11.1. The second-order valence-corrected chi connectivity index (χ2v) is 5.06. The fraction of sp³-hybridized carbons (Fsp3) is 0.417. The molecule has 2 N–H and O–H groups in total. The molecule has 2 unspecified atom stereocenters. The Hall–Kier alpha value is -1.08. The van der Waals surface area contributed by atoms with Gasteiger partial charge in [-0.15, -0.1) is 0 Å². The Labute approximate surface area is 116 Å². The maximum atomic E-state index is 12.0. The summed E-state index contributed by atoms with van der Waals surface area (Å²) in [5.74, 6) is -1.16. The molecule has 106 valence electrons. The molecule has 0 aliphatic rings. The van der Waals surface area contributed by atoms with Gasteiger partial charge in [-0.3, -0.25) is 4.79 Å². The summed E-state index contributed by atoms with van der Waals surface area (Å²) < 4.78 is 36.8. The third kappa shape index (κ3) is 5.61. The van der Waals surface area contributed by atoms with Crippen LogP contribution in [0.5, 0.6) is 0 Å². The molecule has 0 aromatic heterocycles. The Morgan fingerprint density at radius 2 is 1.89 bits per heavy atom. The van der Waals surface area contributed by atoms with E-state index in [9.17, 15) is 23.1 Å². The average Bonchev–Trinajstić information content (AvgIpc) is 2.26. The molecule has 1 aromatic carbocycles. The molecule has 1 rings (SSSR count). The van der Waals surface area contributed by atoms with Crippen molar-refractivity contribution in [1.82, 2.24) is 5.32 Å². The Bertz CT molecular complexity index is 434. The Kier molecular flexibility index (Phi) is 5.37. The van der Waals surface area contributed by atoms with Gasteiger partial charge in [0.25, 0.3) is 0 Å². The molecule has 0 heterocycles. The summed E-state index contributed by atoms with van der Waals surface area (Å²) in [5.41, 5.74) is 0.517. The number of hydrogen-bond acceptors (Lipinski definition) is 2. The summed E-state index contributed by atoms with van der Waals surface area (Å²) in [5, 5.41) is 12.0. The van der Waals surface area contributed by atoms with Crippen LogP contribution in [-0.4, -0.2) is 23.2 Å². The van der Waals surface area contributed by atoms with Crippen LogP contribution in [0, 0.1) is 0 Å². The highest BCUT2D eigenvalue weighted by atomic mass is 79.9. The number of carbonyl (C=O) groups excluding carboxylic acids is 1. The molecule has 3 nitrogen and oxygen atoms in total. The number of carbonyl (C=O) groups is 1. The summed E-state index contributed by atoms with van der Waals surface area (Å²) in [6.07, 6.45) is -7.16. The average molecular weight is 340 g/mol. The van der Waals surface area contributed by atoms with Crippen molar-refractivity contribution in [2.45, 2.75) is 31.7 Å². The van der Waals surface area contributed by atoms with Crippen LogP contribution in [0.25, 0.3) is 0 Å². The van der Waals surface area contributed by atoms with E-state index in [0.717, 1.165) is 4.47 Å². The smallest absolute Gasteiger partial charge is 0.386 e. The number of aliphatic hydroxyl groups excluding tert-OH is 1. The van der Waals surface area contributed by atoms with Gasteiger partial charge in [0.15, 0.2) is 0 Å². The van der Waals surface area contributed by atoms with Crippen molar-refractivity contribution in [3.8, 4) is 0 Å². The number of aliphatic hydroxyl groups is 1. The van der Waals surface area contributed by atoms with Gasteiger partial charge in [-0.1, -0.05) is 28.1 Å². The Morgan fingerprint density at radius 1 is 1.37 bits per heavy atom. The standard InChI is InChI=1S/C12H13BrF3NO2/c1-7(17-10(18)6-12(14,15)16)11(19)8-2-4-9(13)5-3-8/h2-5,7,11,19H,6H2,1H3,(H,17,18). The van der Waals surface area contributed by atoms with Gasteiger partial charge in [0.1, 0.15) is 6.42 Å². The largest absolute Gasteiger partial charge is 0.397 e. The minimum absolute atomic E-state index is 0.517. The van der Waals surface area contributed by atoms with Crippen LogP contribution in [0.3, 0.4) is 0 Å². The molecule has 0 radical (unpaired) electrons. The second kappa shape index (κ2) is 6.38. The zero-order chi connectivity index (χ0) is 14.6. The van der Waals surface area contributed by atoms with E-state index in [1.807, 2.05) is 0 Å². The van der Waals surface area contributed by atoms with Crippen LogP contribution in [0.4, 0.5) is 13.2 Å². The molecule has 7 heteroatoms. The number of amides is 1. The third-order valence-corrected chi connectivity index (χ3v) is 2.96. The molecule has 0 aliphatic heterocycles. The zero-order valence-corrected chi connectivity index (χ0v) is 11.6. The summed E-state index contributed by atoms with van der Waals surface area (Å²) in [6, 6.07) is 5.84. The molecule has 0 bridgehead atoms. The number of halogens is 4. The van der Waals surface area contributed by atoms with Gasteiger partial charge in [0.2, 0.25) is 5.91 Å². The third-order valence-electron chi connectivity index (χ3n) is 2.43. The maximum Gasteiger partial charge on any atom is 0.397 e. The number of benzene rings is 1. The van der Waals surface area contributed by atoms with Crippen molar-refractivity contribution >= 4 is 21.8 Å². The molecule has 2 atom stereocenters. The minimum Gasteiger partial charge on any atom is -0.386 e. The van der Waals surface area contributed by atoms with E-state index in [-0.39, 0.29) is 0 Å². The van der Waals surface area contributed by atoms with Crippen molar-refractivity contribution in [3.05, 3.63) is 34.3 Å². The lowest BCUT2D eigenvalue weighted by atomic mass is 10.0. The van der Waals surface area contributed by atoms with E-state index < -0.39 is 30.7 Å². The van der Waals surface area contributed by atoms with E-state index in [2.05, 4.69) is 21.2 Å². The molecular formula is C12H13BrF3NO2. The number of alkyl halides is 3. The van der Waals surface area contributed by atoms with E-state index in [0.29, 0.717) is 5.56 Å². The number of nitrogens with one attached hydrogen (secondary N) is 1. The first kappa shape index (κ1) is 16.0. The van der Waals surface area contributed by atoms with E-state index in [4.69, 9.17) is 0 Å². The van der Waals surface area contributed by atoms with E-state index in [1.54, 1.807) is 24.3 Å². The van der Waals surface area contributed by atoms with Gasteiger partial charge in [-0.25, -0.2) is 0 Å². The van der Waals surface area contributed by atoms with Gasteiger partial charge in [-0.2, -0.15) is 13.2 Å². The predicted molar refractivity (Wildman–Crippen MR) is 67.4 cm³/mol. The van der Waals surface area contributed by atoms with Crippen molar-refractivity contribution in [2.75, 3.05) is 0 Å². The molecule has 0 saturated carbocycles. The first-order valence-electron chi connectivity index (χ1n) is 5.48. The first-order chi connectivity index (χ1) is 8.69. The van der Waals surface area contributed by atoms with Crippen LogP contribution in [0.15, 0.2) is 28.7 Å². The molecule has 19 heavy (non-hydrogen) atoms. The lowest BCUT2D eigenvalue weighted by Gasteiger charge is -2.21. The monoisotopic (exact) mass is 339 g/mol. The van der Waals surface area contributed by atoms with Crippen LogP contribution >= 0.6 is 15.9 Å². The van der Waals surface area contributed by atoms with Crippen molar-refractivity contribution in [2.24, 2.45) is 0 Å². The molecule has 1 amide bonds. The fourth-order valence-corrected chi connectivity index (χ4v) is 1.78. The summed E-state index contributed by atoms with van der Waals surface area (Å²) in [7, 11) is 0. The number of rotatable bonds is 4. The topological polar surface area (TPSA) is 49.3 Å². The zero-order valence-electron chi connectivity index (χ0n) is 10.0. The Morgan fingerprint density at radius 3 is 2.37 bits per heavy atom. The highest BCUT2D eigenvalue weighted by Crippen LogP contribution is 2.21. The van der Waals surface area contributed by atoms with Crippen LogP contribution < -0.4 is 5.32 Å². The Balaban J connectivity index is 2.60. The normalized spacial score (nSPS) is 14.8. The highest BCUT2D eigenvalue weighted by molar-refractivity contribution is 9.10. The minimum atomic E-state index is -4.55. The van der Waals surface area contributed by atoms with E-state index in [1.165, 1.54) is 6.92 Å². The van der Waals surface area contributed by atoms with Crippen LogP contribution in [-0.2, 0) is 4.79 Å². The van der Waals surface area contributed by atoms with Gasteiger partial charge in [0.05, 0.1) is 12.1 Å². The summed E-state index contributed by atoms with van der Waals surface area (Å²) >= 11 is 3.23. The summed E-state index contributed by atoms with van der Waals surface area (Å²) in [6.45, 7) is 1.45. The van der Waals surface area contributed by atoms with E-state index >= 15 is 0 Å². The maximum absolute atomic E-state index is 12.0. The first-order valence-corrected chi connectivity index (χ1v) is 6.28. The molecule has 1 aromatic rings. The molecule has 0 saturated heterocycles. The van der Waals surface area contributed by atoms with Crippen LogP contribution in [0.2, 0.25) is 0 Å². The number of hydrogen-bond donors (Lipinski definition) is 2. The fourth-order valence-electron chi connectivity index (χ4n) is 1.51. The lowest BCUT2D eigenvalue weighted by Crippen LogP contribution is -2.39. The molecular weight excluding hydrogens is 327 g/mol. The van der Waals surface area contributed by atoms with Gasteiger partial charge in [-0.05, 0) is 24.6 Å². The van der Waals surface area contributed by atoms with Gasteiger partial charge >= 0.3 is 6.18 Å². The predicted octanol–water partition coefficient (Wildman–Crippen LogP) is 2.94. The highest BCUT2D eigenvalue weighted by Gasteiger charge is 2.32. The van der Waals surface area contributed by atoms with Crippen molar-refractivity contribution in [3.63, 3.8) is 0 Å².